The molecule has 278 valence electrons. The lowest BCUT2D eigenvalue weighted by Gasteiger charge is -2.69. The molecule has 8 rings (SSSR count). The number of phenolic OH excluding ortho intramolecular Hbond substituents is 2. The topological polar surface area (TPSA) is 117 Å². The predicted octanol–water partition coefficient (Wildman–Crippen LogP) is 9.41. The molecule has 2 aliphatic heterocycles. The maximum Gasteiger partial charge on any atom is 0.334 e. The smallest absolute Gasteiger partial charge is 0.334 e. The van der Waals surface area contributed by atoms with Gasteiger partial charge < -0.3 is 24.8 Å². The van der Waals surface area contributed by atoms with E-state index in [2.05, 4.69) is 60.3 Å². The zero-order valence-corrected chi connectivity index (χ0v) is 32.2. The molecule has 10 unspecified atom stereocenters. The SMILES string of the molecule is C=C1C(=O)OC2C1CCC(C)=CCCC1(C)OC21.Cc1c(O)c(O)cc2c1CC=C1C2(C)CCC2(C)C3CC(C)(C(=O)O)CCC3(C)CCC12C. The molecule has 5 fully saturated rings. The van der Waals surface area contributed by atoms with E-state index >= 15 is 0 Å². The average Bonchev–Trinajstić information content (AvgIpc) is 3.66. The Kier molecular flexibility index (Phi) is 8.34. The molecule has 7 nitrogen and oxygen atoms in total. The van der Waals surface area contributed by atoms with E-state index in [1.54, 1.807) is 0 Å². The van der Waals surface area contributed by atoms with E-state index in [-0.39, 0.29) is 62.9 Å². The first-order chi connectivity index (χ1) is 23.7. The second-order valence-corrected chi connectivity index (χ2v) is 19.1. The fourth-order valence-corrected chi connectivity index (χ4v) is 12.1. The van der Waals surface area contributed by atoms with Crippen LogP contribution in [0.4, 0.5) is 0 Å². The number of ether oxygens (including phenoxy) is 2. The Hall–Kier alpha value is -3.06. The number of rotatable bonds is 1. The number of carbonyl (C=O) groups excluding carboxylic acids is 1. The minimum Gasteiger partial charge on any atom is -0.504 e. The second-order valence-electron chi connectivity index (χ2n) is 19.1. The number of benzene rings is 1. The van der Waals surface area contributed by atoms with Gasteiger partial charge in [-0.25, -0.2) is 4.79 Å². The number of hydrogen-bond donors (Lipinski definition) is 3. The molecule has 0 aromatic heterocycles. The Morgan fingerprint density at radius 1 is 0.941 bits per heavy atom. The molecule has 7 heteroatoms. The quantitative estimate of drug-likeness (QED) is 0.0879. The minimum atomic E-state index is -0.641. The minimum absolute atomic E-state index is 0.00431. The molecule has 3 saturated carbocycles. The van der Waals surface area contributed by atoms with Gasteiger partial charge >= 0.3 is 11.9 Å². The summed E-state index contributed by atoms with van der Waals surface area (Å²) in [7, 11) is 0. The van der Waals surface area contributed by atoms with Gasteiger partial charge in [-0.1, -0.05) is 57.6 Å². The highest BCUT2D eigenvalue weighted by Gasteiger charge is 2.67. The number of hydrogen-bond acceptors (Lipinski definition) is 6. The first kappa shape index (κ1) is 36.3. The highest BCUT2D eigenvalue weighted by molar-refractivity contribution is 5.91. The van der Waals surface area contributed by atoms with E-state index in [4.69, 9.17) is 9.47 Å². The fourth-order valence-electron chi connectivity index (χ4n) is 12.1. The van der Waals surface area contributed by atoms with Gasteiger partial charge in [0.2, 0.25) is 0 Å². The van der Waals surface area contributed by atoms with Gasteiger partial charge in [-0.2, -0.15) is 0 Å². The van der Waals surface area contributed by atoms with Gasteiger partial charge in [0.15, 0.2) is 11.5 Å². The van der Waals surface area contributed by atoms with Crippen LogP contribution in [0.15, 0.2) is 41.5 Å². The van der Waals surface area contributed by atoms with Gasteiger partial charge in [-0.15, -0.1) is 0 Å². The van der Waals surface area contributed by atoms with Crippen molar-refractivity contribution in [1.82, 2.24) is 0 Å². The lowest BCUT2D eigenvalue weighted by Crippen LogP contribution is -2.62. The van der Waals surface area contributed by atoms with Crippen LogP contribution < -0.4 is 0 Å². The van der Waals surface area contributed by atoms with Gasteiger partial charge in [0.25, 0.3) is 0 Å². The second kappa shape index (κ2) is 11.7. The summed E-state index contributed by atoms with van der Waals surface area (Å²) >= 11 is 0. The lowest BCUT2D eigenvalue weighted by molar-refractivity contribution is -0.177. The van der Waals surface area contributed by atoms with Crippen molar-refractivity contribution >= 4 is 11.9 Å². The Labute approximate surface area is 304 Å². The normalized spacial score (nSPS) is 43.9. The summed E-state index contributed by atoms with van der Waals surface area (Å²) in [6.07, 6.45) is 16.3. The molecular formula is C44H60O7. The first-order valence-electron chi connectivity index (χ1n) is 19.5. The van der Waals surface area contributed by atoms with Crippen molar-refractivity contribution in [3.63, 3.8) is 0 Å². The molecule has 51 heavy (non-hydrogen) atoms. The number of carboxylic acid groups (broad SMARTS) is 1. The third kappa shape index (κ3) is 5.28. The summed E-state index contributed by atoms with van der Waals surface area (Å²) < 4.78 is 11.3. The highest BCUT2D eigenvalue weighted by Crippen LogP contribution is 2.74. The largest absolute Gasteiger partial charge is 0.504 e. The third-order valence-electron chi connectivity index (χ3n) is 16.2. The van der Waals surface area contributed by atoms with Gasteiger partial charge in [-0.05, 0) is 150 Å². The maximum absolute atomic E-state index is 12.3. The fraction of sp³-hybridized carbons (Fsp3) is 0.682. The predicted molar refractivity (Wildman–Crippen MR) is 198 cm³/mol. The van der Waals surface area contributed by atoms with Gasteiger partial charge in [0, 0.05) is 16.9 Å². The highest BCUT2D eigenvalue weighted by atomic mass is 16.6. The molecule has 5 aliphatic carbocycles. The number of phenols is 2. The van der Waals surface area contributed by atoms with E-state index < -0.39 is 11.4 Å². The van der Waals surface area contributed by atoms with Gasteiger partial charge in [-0.3, -0.25) is 4.79 Å². The molecule has 7 aliphatic rings. The number of carbonyl (C=O) groups is 2. The van der Waals surface area contributed by atoms with Crippen LogP contribution in [0.2, 0.25) is 0 Å². The number of allylic oxidation sites excluding steroid dienone is 4. The Morgan fingerprint density at radius 3 is 2.35 bits per heavy atom. The van der Waals surface area contributed by atoms with Crippen LogP contribution in [0, 0.1) is 40.4 Å². The molecule has 0 radical (unpaired) electrons. The Balaban J connectivity index is 0.000000190. The number of fused-ring (bicyclic) bond motifs is 10. The average molecular weight is 701 g/mol. The van der Waals surface area contributed by atoms with Crippen LogP contribution in [0.3, 0.4) is 0 Å². The molecule has 1 aromatic carbocycles. The monoisotopic (exact) mass is 700 g/mol. The molecule has 0 amide bonds. The van der Waals surface area contributed by atoms with Crippen molar-refractivity contribution in [2.45, 2.75) is 156 Å². The first-order valence-corrected chi connectivity index (χ1v) is 19.5. The number of aromatic hydroxyl groups is 2. The summed E-state index contributed by atoms with van der Waals surface area (Å²) in [5.41, 5.74) is 5.92. The van der Waals surface area contributed by atoms with Crippen molar-refractivity contribution in [2.75, 3.05) is 0 Å². The van der Waals surface area contributed by atoms with E-state index in [1.165, 1.54) is 16.7 Å². The van der Waals surface area contributed by atoms with Gasteiger partial charge in [0.1, 0.15) is 12.2 Å². The maximum atomic E-state index is 12.3. The number of esters is 1. The molecule has 3 N–H and O–H groups in total. The van der Waals surface area contributed by atoms with Crippen LogP contribution in [0.1, 0.15) is 136 Å². The summed E-state index contributed by atoms with van der Waals surface area (Å²) in [6.45, 7) is 21.7. The van der Waals surface area contributed by atoms with Crippen molar-refractivity contribution < 1.29 is 34.4 Å². The summed E-state index contributed by atoms with van der Waals surface area (Å²) in [5, 5.41) is 30.9. The van der Waals surface area contributed by atoms with Crippen LogP contribution in [-0.4, -0.2) is 45.1 Å². The number of epoxide rings is 1. The molecule has 2 heterocycles. The number of carboxylic acids is 1. The molecular weight excluding hydrogens is 640 g/mol. The Morgan fingerprint density at radius 2 is 1.65 bits per heavy atom. The van der Waals surface area contributed by atoms with Crippen molar-refractivity contribution in [3.05, 3.63) is 58.2 Å². The van der Waals surface area contributed by atoms with Crippen molar-refractivity contribution in [3.8, 4) is 11.5 Å². The van der Waals surface area contributed by atoms with E-state index in [9.17, 15) is 24.9 Å². The van der Waals surface area contributed by atoms with Crippen LogP contribution >= 0.6 is 0 Å². The summed E-state index contributed by atoms with van der Waals surface area (Å²) in [5.74, 6) is -0.384. The Bertz CT molecular complexity index is 1750. The molecule has 2 saturated heterocycles. The van der Waals surface area contributed by atoms with E-state index in [0.29, 0.717) is 11.5 Å². The van der Waals surface area contributed by atoms with Crippen molar-refractivity contribution in [2.24, 2.45) is 33.5 Å². The third-order valence-corrected chi connectivity index (χ3v) is 16.2. The van der Waals surface area contributed by atoms with Crippen LogP contribution in [-0.2, 0) is 30.9 Å². The zero-order chi connectivity index (χ0) is 37.1. The molecule has 1 aromatic rings. The standard InChI is InChI=1S/C29H40O4.C15H20O3/c1-17-18-7-8-21-27(4,19(18)15-20(30)23(17)31)12-14-29(6)22-16-26(3,24(32)33)10-9-25(22,2)11-13-28(21,29)5;1-9-5-4-8-15(3)13(18-15)12-11(7-6-9)10(2)14(16)17-12/h8,15,22,30-31H,7,9-14,16H2,1-6H3,(H,32,33);5,11-13H,2,4,6-8H2,1,3H3. The summed E-state index contributed by atoms with van der Waals surface area (Å²) in [6, 6.07) is 1.81. The van der Waals surface area contributed by atoms with Crippen molar-refractivity contribution in [1.29, 1.82) is 0 Å². The lowest BCUT2D eigenvalue weighted by atomic mass is 9.34. The van der Waals surface area contributed by atoms with E-state index in [0.717, 1.165) is 88.2 Å². The molecule has 10 atom stereocenters. The zero-order valence-electron chi connectivity index (χ0n) is 32.2. The summed E-state index contributed by atoms with van der Waals surface area (Å²) in [4.78, 5) is 23.9. The number of aliphatic carboxylic acids is 1. The van der Waals surface area contributed by atoms with Crippen LogP contribution in [0.25, 0.3) is 0 Å². The molecule has 0 bridgehead atoms. The molecule has 0 spiro atoms. The van der Waals surface area contributed by atoms with E-state index in [1.807, 2.05) is 19.9 Å². The van der Waals surface area contributed by atoms with Gasteiger partial charge in [0.05, 0.1) is 11.0 Å². The van der Waals surface area contributed by atoms with Crippen LogP contribution in [0.5, 0.6) is 11.5 Å².